The summed E-state index contributed by atoms with van der Waals surface area (Å²) in [7, 11) is 1.61. The van der Waals surface area contributed by atoms with Gasteiger partial charge in [0.2, 0.25) is 5.91 Å². The molecule has 0 saturated heterocycles. The van der Waals surface area contributed by atoms with Crippen molar-refractivity contribution in [3.8, 4) is 5.75 Å². The molecule has 3 aromatic rings. The third kappa shape index (κ3) is 4.67. The van der Waals surface area contributed by atoms with E-state index in [0.717, 1.165) is 17.0 Å². The van der Waals surface area contributed by atoms with Crippen LogP contribution in [-0.2, 0) is 6.54 Å². The molecule has 6 heteroatoms. The highest BCUT2D eigenvalue weighted by Crippen LogP contribution is 2.23. The van der Waals surface area contributed by atoms with Crippen LogP contribution in [-0.4, -0.2) is 18.9 Å². The number of benzene rings is 3. The molecule has 0 aliphatic carbocycles. The fraction of sp³-hybridized carbons (Fsp3) is 0.0909. The van der Waals surface area contributed by atoms with Gasteiger partial charge in [0.25, 0.3) is 5.91 Å². The smallest absolute Gasteiger partial charge is 0.253 e. The number of carbonyl (C=O) groups excluding carboxylic acids is 2. The minimum Gasteiger partial charge on any atom is -0.497 e. The molecule has 0 saturated carbocycles. The Morgan fingerprint density at radius 1 is 0.929 bits per heavy atom. The lowest BCUT2D eigenvalue weighted by Gasteiger charge is -2.13. The number of ether oxygens (including phenoxy) is 1. The van der Waals surface area contributed by atoms with Crippen LogP contribution in [0.2, 0.25) is 0 Å². The van der Waals surface area contributed by atoms with Crippen LogP contribution in [0.25, 0.3) is 0 Å². The molecular weight excluding hydrogens is 354 g/mol. The van der Waals surface area contributed by atoms with Crippen molar-refractivity contribution in [2.75, 3.05) is 12.4 Å². The Bertz CT molecular complexity index is 967. The number of nitrogens with one attached hydrogen (secondary N) is 2. The first-order valence-electron chi connectivity index (χ1n) is 8.74. The monoisotopic (exact) mass is 375 g/mol. The molecule has 6 nitrogen and oxygen atoms in total. The number of amides is 2. The van der Waals surface area contributed by atoms with Crippen LogP contribution in [0, 0.1) is 0 Å². The fourth-order valence-corrected chi connectivity index (χ4v) is 2.68. The predicted molar refractivity (Wildman–Crippen MR) is 109 cm³/mol. The van der Waals surface area contributed by atoms with E-state index >= 15 is 0 Å². The number of anilines is 2. The summed E-state index contributed by atoms with van der Waals surface area (Å²) < 4.78 is 5.16. The zero-order valence-electron chi connectivity index (χ0n) is 15.4. The second-order valence-electron chi connectivity index (χ2n) is 6.14. The number of hydrogen-bond acceptors (Lipinski definition) is 4. The van der Waals surface area contributed by atoms with Crippen molar-refractivity contribution in [3.05, 3.63) is 89.5 Å². The molecule has 0 aliphatic rings. The SMILES string of the molecule is COc1ccc(Nc2ccccc2C(=O)NCc2ccc(C(N)=O)cc2)cc1. The molecule has 0 radical (unpaired) electrons. The van der Waals surface area contributed by atoms with Crippen LogP contribution in [0.4, 0.5) is 11.4 Å². The molecule has 28 heavy (non-hydrogen) atoms. The Morgan fingerprint density at radius 3 is 2.25 bits per heavy atom. The summed E-state index contributed by atoms with van der Waals surface area (Å²) in [5.74, 6) is 0.0867. The van der Waals surface area contributed by atoms with E-state index in [-0.39, 0.29) is 5.91 Å². The molecule has 0 unspecified atom stereocenters. The van der Waals surface area contributed by atoms with Gasteiger partial charge in [0.1, 0.15) is 5.75 Å². The lowest BCUT2D eigenvalue weighted by molar-refractivity contribution is 0.0950. The highest BCUT2D eigenvalue weighted by molar-refractivity contribution is 6.00. The number of primary amides is 1. The van der Waals surface area contributed by atoms with E-state index in [2.05, 4.69) is 10.6 Å². The van der Waals surface area contributed by atoms with Gasteiger partial charge in [-0.15, -0.1) is 0 Å². The van der Waals surface area contributed by atoms with E-state index in [4.69, 9.17) is 10.5 Å². The standard InChI is InChI=1S/C22H21N3O3/c1-28-18-12-10-17(11-13-18)25-20-5-3-2-4-19(20)22(27)24-14-15-6-8-16(9-7-15)21(23)26/h2-13,25H,14H2,1H3,(H2,23,26)(H,24,27). The van der Waals surface area contributed by atoms with Gasteiger partial charge in [0, 0.05) is 17.8 Å². The molecule has 0 heterocycles. The van der Waals surface area contributed by atoms with Gasteiger partial charge in [-0.2, -0.15) is 0 Å². The van der Waals surface area contributed by atoms with E-state index in [1.165, 1.54) is 0 Å². The van der Waals surface area contributed by atoms with Gasteiger partial charge < -0.3 is 21.1 Å². The molecule has 3 rings (SSSR count). The maximum Gasteiger partial charge on any atom is 0.253 e. The number of hydrogen-bond donors (Lipinski definition) is 3. The number of para-hydroxylation sites is 1. The molecule has 4 N–H and O–H groups in total. The van der Waals surface area contributed by atoms with Gasteiger partial charge in [-0.05, 0) is 54.1 Å². The summed E-state index contributed by atoms with van der Waals surface area (Å²) in [4.78, 5) is 23.8. The van der Waals surface area contributed by atoms with Gasteiger partial charge in [-0.1, -0.05) is 24.3 Å². The highest BCUT2D eigenvalue weighted by Gasteiger charge is 2.11. The van der Waals surface area contributed by atoms with E-state index in [1.807, 2.05) is 42.5 Å². The maximum absolute atomic E-state index is 12.7. The molecule has 0 atom stereocenters. The van der Waals surface area contributed by atoms with E-state index in [0.29, 0.717) is 23.4 Å². The number of nitrogens with two attached hydrogens (primary N) is 1. The molecule has 142 valence electrons. The predicted octanol–water partition coefficient (Wildman–Crippen LogP) is 3.47. The van der Waals surface area contributed by atoms with Crippen molar-refractivity contribution in [2.24, 2.45) is 5.73 Å². The van der Waals surface area contributed by atoms with Crippen LogP contribution in [0.1, 0.15) is 26.3 Å². The third-order valence-electron chi connectivity index (χ3n) is 4.23. The average molecular weight is 375 g/mol. The first kappa shape index (κ1) is 19.0. The maximum atomic E-state index is 12.7. The van der Waals surface area contributed by atoms with E-state index in [1.54, 1.807) is 37.4 Å². The average Bonchev–Trinajstić information content (AvgIpc) is 2.73. The van der Waals surface area contributed by atoms with Gasteiger partial charge in [-0.25, -0.2) is 0 Å². The molecule has 0 fully saturated rings. The summed E-state index contributed by atoms with van der Waals surface area (Å²) in [5, 5.41) is 6.15. The Balaban J connectivity index is 1.68. The van der Waals surface area contributed by atoms with E-state index in [9.17, 15) is 9.59 Å². The minimum atomic E-state index is -0.478. The van der Waals surface area contributed by atoms with Gasteiger partial charge in [0.05, 0.1) is 18.4 Å². The molecule has 0 bridgehead atoms. The minimum absolute atomic E-state index is 0.199. The zero-order chi connectivity index (χ0) is 19.9. The lowest BCUT2D eigenvalue weighted by atomic mass is 10.1. The van der Waals surface area contributed by atoms with Crippen molar-refractivity contribution in [2.45, 2.75) is 6.54 Å². The molecule has 0 aromatic heterocycles. The Kier molecular flexibility index (Phi) is 5.91. The largest absolute Gasteiger partial charge is 0.497 e. The van der Waals surface area contributed by atoms with Crippen LogP contribution < -0.4 is 21.1 Å². The quantitative estimate of drug-likeness (QED) is 0.589. The topological polar surface area (TPSA) is 93.4 Å². The molecule has 2 amide bonds. The molecule has 3 aromatic carbocycles. The first-order valence-corrected chi connectivity index (χ1v) is 8.74. The van der Waals surface area contributed by atoms with Gasteiger partial charge >= 0.3 is 0 Å². The summed E-state index contributed by atoms with van der Waals surface area (Å²) >= 11 is 0. The lowest BCUT2D eigenvalue weighted by Crippen LogP contribution is -2.23. The first-order chi connectivity index (χ1) is 13.6. The van der Waals surface area contributed by atoms with Crippen LogP contribution in [0.3, 0.4) is 0 Å². The van der Waals surface area contributed by atoms with Crippen LogP contribution in [0.5, 0.6) is 5.75 Å². The molecule has 0 spiro atoms. The summed E-state index contributed by atoms with van der Waals surface area (Å²) in [5.41, 5.74) is 8.63. The number of carbonyl (C=O) groups is 2. The normalized spacial score (nSPS) is 10.2. The van der Waals surface area contributed by atoms with Gasteiger partial charge in [-0.3, -0.25) is 9.59 Å². The Labute approximate surface area is 163 Å². The van der Waals surface area contributed by atoms with E-state index < -0.39 is 5.91 Å². The molecule has 0 aliphatic heterocycles. The summed E-state index contributed by atoms with van der Waals surface area (Å²) in [6.07, 6.45) is 0. The van der Waals surface area contributed by atoms with Crippen molar-refractivity contribution in [1.82, 2.24) is 5.32 Å². The van der Waals surface area contributed by atoms with Gasteiger partial charge in [0.15, 0.2) is 0 Å². The Morgan fingerprint density at radius 2 is 1.61 bits per heavy atom. The highest BCUT2D eigenvalue weighted by atomic mass is 16.5. The zero-order valence-corrected chi connectivity index (χ0v) is 15.4. The van der Waals surface area contributed by atoms with Crippen molar-refractivity contribution in [1.29, 1.82) is 0 Å². The van der Waals surface area contributed by atoms with Crippen LogP contribution in [0.15, 0.2) is 72.8 Å². The summed E-state index contributed by atoms with van der Waals surface area (Å²) in [6, 6.07) is 21.6. The van der Waals surface area contributed by atoms with Crippen molar-refractivity contribution in [3.63, 3.8) is 0 Å². The third-order valence-corrected chi connectivity index (χ3v) is 4.23. The van der Waals surface area contributed by atoms with Crippen LogP contribution >= 0.6 is 0 Å². The van der Waals surface area contributed by atoms with Crippen molar-refractivity contribution < 1.29 is 14.3 Å². The fourth-order valence-electron chi connectivity index (χ4n) is 2.68. The van der Waals surface area contributed by atoms with Crippen molar-refractivity contribution >= 4 is 23.2 Å². The number of methoxy groups -OCH3 is 1. The summed E-state index contributed by atoms with van der Waals surface area (Å²) in [6.45, 7) is 0.342. The molecular formula is C22H21N3O3. The second-order valence-corrected chi connectivity index (χ2v) is 6.14. The second kappa shape index (κ2) is 8.73. The Hall–Kier alpha value is -3.80. The number of rotatable bonds is 7.